The second kappa shape index (κ2) is 11.8. The van der Waals surface area contributed by atoms with Crippen molar-refractivity contribution in [2.45, 2.75) is 6.92 Å². The molecule has 0 radical (unpaired) electrons. The lowest BCUT2D eigenvalue weighted by Crippen LogP contribution is -1.94. The summed E-state index contributed by atoms with van der Waals surface area (Å²) >= 11 is 0. The predicted molar refractivity (Wildman–Crippen MR) is 167 cm³/mol. The maximum Gasteiger partial charge on any atom is 0.248 e. The van der Waals surface area contributed by atoms with Gasteiger partial charge in [0, 0.05) is 27.6 Å². The number of para-hydroxylation sites is 2. The number of benzene rings is 5. The molecule has 0 aliphatic heterocycles. The van der Waals surface area contributed by atoms with Crippen molar-refractivity contribution in [2.75, 3.05) is 6.61 Å². The van der Waals surface area contributed by atoms with Gasteiger partial charge in [-0.1, -0.05) is 91.5 Å². The maximum absolute atomic E-state index is 6.05. The number of hydrogen-bond acceptors (Lipinski definition) is 4. The minimum Gasteiger partial charge on any atom is -0.494 e. The van der Waals surface area contributed by atoms with E-state index in [0.717, 1.165) is 33.6 Å². The van der Waals surface area contributed by atoms with Crippen molar-refractivity contribution in [3.63, 3.8) is 0 Å². The molecular formula is C36H29N3O2. The van der Waals surface area contributed by atoms with Gasteiger partial charge in [-0.25, -0.2) is 0 Å². The van der Waals surface area contributed by atoms with E-state index in [-0.39, 0.29) is 0 Å². The molecule has 5 nitrogen and oxygen atoms in total. The number of aromatic nitrogens is 3. The van der Waals surface area contributed by atoms with Crippen LogP contribution in [0.2, 0.25) is 0 Å². The van der Waals surface area contributed by atoms with Crippen molar-refractivity contribution in [1.82, 2.24) is 14.8 Å². The zero-order chi connectivity index (χ0) is 28.0. The lowest BCUT2D eigenvalue weighted by atomic mass is 10.2. The highest BCUT2D eigenvalue weighted by Gasteiger charge is 2.15. The fourth-order valence-corrected chi connectivity index (χ4v) is 4.91. The van der Waals surface area contributed by atoms with Gasteiger partial charge in [0.2, 0.25) is 11.8 Å². The molecule has 7 aromatic rings. The van der Waals surface area contributed by atoms with Crippen molar-refractivity contribution in [3.05, 3.63) is 140 Å². The third-order valence-corrected chi connectivity index (χ3v) is 6.78. The average Bonchev–Trinajstić information content (AvgIpc) is 3.66. The Labute approximate surface area is 239 Å². The van der Waals surface area contributed by atoms with Gasteiger partial charge in [0.15, 0.2) is 0 Å². The van der Waals surface area contributed by atoms with E-state index in [1.165, 1.54) is 16.3 Å². The maximum atomic E-state index is 6.05. The third-order valence-electron chi connectivity index (χ3n) is 6.78. The van der Waals surface area contributed by atoms with E-state index in [1.807, 2.05) is 79.7 Å². The summed E-state index contributed by atoms with van der Waals surface area (Å²) in [5.74, 6) is 1.73. The van der Waals surface area contributed by atoms with Crippen molar-refractivity contribution >= 4 is 27.9 Å². The quantitative estimate of drug-likeness (QED) is 0.213. The lowest BCUT2D eigenvalue weighted by Gasteiger charge is -2.08. The van der Waals surface area contributed by atoms with Crippen LogP contribution in [0.1, 0.15) is 12.5 Å². The van der Waals surface area contributed by atoms with E-state index in [0.29, 0.717) is 18.4 Å². The molecule has 0 aliphatic carbocycles. The van der Waals surface area contributed by atoms with Crippen LogP contribution in [-0.4, -0.2) is 21.4 Å². The highest BCUT2D eigenvalue weighted by molar-refractivity contribution is 6.09. The molecule has 0 unspecified atom stereocenters. The highest BCUT2D eigenvalue weighted by atomic mass is 16.5. The second-order valence-corrected chi connectivity index (χ2v) is 9.41. The summed E-state index contributed by atoms with van der Waals surface area (Å²) in [6.07, 6.45) is 1.83. The van der Waals surface area contributed by atoms with Crippen LogP contribution in [0.15, 0.2) is 138 Å². The number of nitrogens with zero attached hydrogens (tertiary/aromatic N) is 3. The Bertz CT molecular complexity index is 1880. The largest absolute Gasteiger partial charge is 0.494 e. The van der Waals surface area contributed by atoms with Crippen LogP contribution in [0, 0.1) is 0 Å². The molecule has 2 heterocycles. The molecule has 2 aromatic heterocycles. The molecule has 7 rings (SSSR count). The van der Waals surface area contributed by atoms with Gasteiger partial charge in [0.25, 0.3) is 0 Å². The van der Waals surface area contributed by atoms with Gasteiger partial charge in [-0.3, -0.25) is 0 Å². The molecule has 0 N–H and O–H groups in total. The summed E-state index contributed by atoms with van der Waals surface area (Å²) in [6, 6.07) is 42.9. The Morgan fingerprint density at radius 2 is 1.27 bits per heavy atom. The standard InChI is InChI=1S/C28H21N3O2.C8H8/c1-2-32-22-12-8-10-20(18-22)28-30-29-27(33-28)19-9-7-11-21(17-19)31-25-15-5-3-13-23(25)24-14-4-6-16-26(24)31;1-2-8-6-4-3-5-7-8/h3-18H,2H2,1H3;2-7H,1H2. The van der Waals surface area contributed by atoms with Gasteiger partial charge in [-0.05, 0) is 61.0 Å². The van der Waals surface area contributed by atoms with Gasteiger partial charge in [0.05, 0.1) is 17.6 Å². The molecule has 0 fully saturated rings. The van der Waals surface area contributed by atoms with Crippen LogP contribution in [0.5, 0.6) is 5.75 Å². The van der Waals surface area contributed by atoms with Gasteiger partial charge in [-0.15, -0.1) is 10.2 Å². The zero-order valence-corrected chi connectivity index (χ0v) is 22.8. The highest BCUT2D eigenvalue weighted by Crippen LogP contribution is 2.33. The number of ether oxygens (including phenoxy) is 1. The Morgan fingerprint density at radius 3 is 1.88 bits per heavy atom. The molecule has 0 saturated carbocycles. The number of rotatable bonds is 6. The van der Waals surface area contributed by atoms with Gasteiger partial charge in [0.1, 0.15) is 5.75 Å². The Balaban J connectivity index is 0.000000328. The number of hydrogen-bond donors (Lipinski definition) is 0. The molecule has 5 aromatic carbocycles. The Hall–Kier alpha value is -5.42. The SMILES string of the molecule is C=Cc1ccccc1.CCOc1cccc(-c2nnc(-c3cccc(-n4c5ccccc5c5ccccc54)c3)o2)c1. The van der Waals surface area contributed by atoms with Crippen LogP contribution in [0.25, 0.3) is 56.5 Å². The molecular weight excluding hydrogens is 506 g/mol. The van der Waals surface area contributed by atoms with Gasteiger partial charge < -0.3 is 13.7 Å². The summed E-state index contributed by atoms with van der Waals surface area (Å²) in [5.41, 5.74) is 6.24. The monoisotopic (exact) mass is 535 g/mol. The number of fused-ring (bicyclic) bond motifs is 3. The fraction of sp³-hybridized carbons (Fsp3) is 0.0556. The molecule has 0 bridgehead atoms. The van der Waals surface area contributed by atoms with E-state index in [4.69, 9.17) is 9.15 Å². The zero-order valence-electron chi connectivity index (χ0n) is 22.8. The van der Waals surface area contributed by atoms with Crippen molar-refractivity contribution in [1.29, 1.82) is 0 Å². The first-order valence-corrected chi connectivity index (χ1v) is 13.6. The van der Waals surface area contributed by atoms with E-state index in [2.05, 4.69) is 82.0 Å². The molecule has 41 heavy (non-hydrogen) atoms. The summed E-state index contributed by atoms with van der Waals surface area (Å²) in [4.78, 5) is 0. The molecule has 0 saturated heterocycles. The second-order valence-electron chi connectivity index (χ2n) is 9.41. The predicted octanol–water partition coefficient (Wildman–Crippen LogP) is 9.23. The topological polar surface area (TPSA) is 53.1 Å². The minimum absolute atomic E-state index is 0.466. The van der Waals surface area contributed by atoms with E-state index >= 15 is 0 Å². The molecule has 0 atom stereocenters. The molecule has 0 aliphatic rings. The Morgan fingerprint density at radius 1 is 0.683 bits per heavy atom. The third kappa shape index (κ3) is 5.38. The average molecular weight is 536 g/mol. The lowest BCUT2D eigenvalue weighted by molar-refractivity contribution is 0.340. The molecule has 5 heteroatoms. The normalized spacial score (nSPS) is 10.8. The fourth-order valence-electron chi connectivity index (χ4n) is 4.91. The molecule has 0 spiro atoms. The first kappa shape index (κ1) is 25.8. The van der Waals surface area contributed by atoms with Crippen LogP contribution in [0.3, 0.4) is 0 Å². The molecule has 0 amide bonds. The van der Waals surface area contributed by atoms with Crippen molar-refractivity contribution in [2.24, 2.45) is 0 Å². The van der Waals surface area contributed by atoms with Gasteiger partial charge >= 0.3 is 0 Å². The van der Waals surface area contributed by atoms with Crippen LogP contribution in [-0.2, 0) is 0 Å². The van der Waals surface area contributed by atoms with Crippen molar-refractivity contribution < 1.29 is 9.15 Å². The summed E-state index contributed by atoms with van der Waals surface area (Å²) < 4.78 is 13.9. The first-order valence-electron chi connectivity index (χ1n) is 13.6. The molecule has 200 valence electrons. The van der Waals surface area contributed by atoms with Crippen LogP contribution < -0.4 is 4.74 Å². The van der Waals surface area contributed by atoms with E-state index in [9.17, 15) is 0 Å². The van der Waals surface area contributed by atoms with E-state index in [1.54, 1.807) is 0 Å². The van der Waals surface area contributed by atoms with Crippen LogP contribution in [0.4, 0.5) is 0 Å². The summed E-state index contributed by atoms with van der Waals surface area (Å²) in [5, 5.41) is 11.1. The summed E-state index contributed by atoms with van der Waals surface area (Å²) in [6.45, 7) is 6.20. The van der Waals surface area contributed by atoms with Crippen molar-refractivity contribution in [3.8, 4) is 34.3 Å². The first-order chi connectivity index (χ1) is 20.2. The van der Waals surface area contributed by atoms with E-state index < -0.39 is 0 Å². The smallest absolute Gasteiger partial charge is 0.248 e. The minimum atomic E-state index is 0.466. The van der Waals surface area contributed by atoms with Gasteiger partial charge in [-0.2, -0.15) is 0 Å². The van der Waals surface area contributed by atoms with Crippen LogP contribution >= 0.6 is 0 Å². The Kier molecular flexibility index (Phi) is 7.41. The summed E-state index contributed by atoms with van der Waals surface area (Å²) in [7, 11) is 0.